The van der Waals surface area contributed by atoms with Crippen LogP contribution in [0, 0.1) is 5.82 Å². The van der Waals surface area contributed by atoms with Gasteiger partial charge in [0.15, 0.2) is 0 Å². The lowest BCUT2D eigenvalue weighted by Gasteiger charge is -2.30. The molecule has 1 saturated heterocycles. The average molecular weight is 505 g/mol. The fourth-order valence-electron chi connectivity index (χ4n) is 4.45. The Kier molecular flexibility index (Phi) is 7.33. The summed E-state index contributed by atoms with van der Waals surface area (Å²) < 4.78 is 13.9. The van der Waals surface area contributed by atoms with Crippen LogP contribution in [0.5, 0.6) is 0 Å². The van der Waals surface area contributed by atoms with E-state index in [4.69, 9.17) is 0 Å². The third kappa shape index (κ3) is 5.95. The van der Waals surface area contributed by atoms with Gasteiger partial charge < -0.3 is 10.6 Å². The SMILES string of the molecule is O=C1NC(=O)C(=Cc2ccnc(NC3CCC(NCc4ccc(F)cc4-c4cccnc4)CC3)n2)S1. The molecule has 36 heavy (non-hydrogen) atoms. The van der Waals surface area contributed by atoms with Crippen molar-refractivity contribution in [3.8, 4) is 11.1 Å². The van der Waals surface area contributed by atoms with E-state index >= 15 is 0 Å². The molecule has 0 radical (unpaired) electrons. The Hall–Kier alpha value is -3.63. The van der Waals surface area contributed by atoms with Gasteiger partial charge in [0.05, 0.1) is 10.6 Å². The molecule has 10 heteroatoms. The lowest BCUT2D eigenvalue weighted by atomic mass is 9.91. The number of nitrogens with zero attached hydrogens (tertiary/aromatic N) is 3. The van der Waals surface area contributed by atoms with Crippen LogP contribution in [0.25, 0.3) is 17.2 Å². The number of anilines is 1. The van der Waals surface area contributed by atoms with Gasteiger partial charge in [-0.2, -0.15) is 0 Å². The van der Waals surface area contributed by atoms with E-state index in [-0.39, 0.29) is 17.1 Å². The molecule has 0 spiro atoms. The molecule has 3 N–H and O–H groups in total. The second-order valence-electron chi connectivity index (χ2n) is 8.77. The molecule has 0 bridgehead atoms. The molecular formula is C26H25FN6O2S. The summed E-state index contributed by atoms with van der Waals surface area (Å²) in [5, 5.41) is 8.89. The quantitative estimate of drug-likeness (QED) is 0.403. The molecule has 2 fully saturated rings. The Bertz CT molecular complexity index is 1290. The van der Waals surface area contributed by atoms with Gasteiger partial charge in [-0.05, 0) is 78.9 Å². The molecule has 1 saturated carbocycles. The van der Waals surface area contributed by atoms with E-state index in [0.29, 0.717) is 29.1 Å². The Labute approximate surface area is 212 Å². The predicted octanol–water partition coefficient (Wildman–Crippen LogP) is 4.51. The predicted molar refractivity (Wildman–Crippen MR) is 137 cm³/mol. The smallest absolute Gasteiger partial charge is 0.290 e. The molecule has 1 aliphatic heterocycles. The second kappa shape index (κ2) is 11.0. The number of benzene rings is 1. The maximum atomic E-state index is 13.9. The molecule has 1 aliphatic carbocycles. The first-order chi connectivity index (χ1) is 17.5. The number of halogens is 1. The number of aromatic nitrogens is 3. The van der Waals surface area contributed by atoms with E-state index in [1.165, 1.54) is 6.07 Å². The number of amides is 2. The zero-order chi connectivity index (χ0) is 24.9. The highest BCUT2D eigenvalue weighted by atomic mass is 32.2. The van der Waals surface area contributed by atoms with Crippen LogP contribution in [0.15, 0.2) is 59.9 Å². The van der Waals surface area contributed by atoms with Crippen molar-refractivity contribution in [3.05, 3.63) is 77.0 Å². The van der Waals surface area contributed by atoms with E-state index in [9.17, 15) is 14.0 Å². The van der Waals surface area contributed by atoms with Crippen LogP contribution >= 0.6 is 11.8 Å². The summed E-state index contributed by atoms with van der Waals surface area (Å²) in [6.07, 6.45) is 10.6. The highest BCUT2D eigenvalue weighted by Gasteiger charge is 2.25. The van der Waals surface area contributed by atoms with Crippen LogP contribution in [-0.2, 0) is 11.3 Å². The van der Waals surface area contributed by atoms with Crippen molar-refractivity contribution in [2.24, 2.45) is 0 Å². The molecule has 3 heterocycles. The number of hydrogen-bond donors (Lipinski definition) is 3. The Morgan fingerprint density at radius 1 is 1.08 bits per heavy atom. The average Bonchev–Trinajstić information content (AvgIpc) is 3.21. The lowest BCUT2D eigenvalue weighted by Crippen LogP contribution is -2.37. The van der Waals surface area contributed by atoms with Gasteiger partial charge in [0.1, 0.15) is 5.82 Å². The molecule has 1 aromatic carbocycles. The fraction of sp³-hybridized carbons (Fsp3) is 0.269. The summed E-state index contributed by atoms with van der Waals surface area (Å²) >= 11 is 0.865. The van der Waals surface area contributed by atoms with Gasteiger partial charge >= 0.3 is 0 Å². The van der Waals surface area contributed by atoms with E-state index < -0.39 is 5.91 Å². The first kappa shape index (κ1) is 24.1. The van der Waals surface area contributed by atoms with Gasteiger partial charge in [-0.1, -0.05) is 12.1 Å². The molecule has 5 rings (SSSR count). The summed E-state index contributed by atoms with van der Waals surface area (Å²) in [6, 6.07) is 11.0. The Balaban J connectivity index is 1.15. The molecule has 8 nitrogen and oxygen atoms in total. The summed E-state index contributed by atoms with van der Waals surface area (Å²) in [7, 11) is 0. The summed E-state index contributed by atoms with van der Waals surface area (Å²) in [5.74, 6) is -0.162. The number of thioether (sulfide) groups is 1. The number of hydrogen-bond acceptors (Lipinski definition) is 8. The largest absolute Gasteiger partial charge is 0.351 e. The minimum absolute atomic E-state index is 0.244. The van der Waals surface area contributed by atoms with Gasteiger partial charge in [-0.25, -0.2) is 14.4 Å². The van der Waals surface area contributed by atoms with Crippen molar-refractivity contribution in [2.45, 2.75) is 44.3 Å². The first-order valence-corrected chi connectivity index (χ1v) is 12.6. The summed E-state index contributed by atoms with van der Waals surface area (Å²) in [5.41, 5.74) is 3.37. The van der Waals surface area contributed by atoms with Crippen molar-refractivity contribution >= 4 is 34.9 Å². The number of imide groups is 1. The molecule has 0 unspecified atom stereocenters. The van der Waals surface area contributed by atoms with Crippen LogP contribution in [0.3, 0.4) is 0 Å². The van der Waals surface area contributed by atoms with Gasteiger partial charge in [-0.15, -0.1) is 0 Å². The topological polar surface area (TPSA) is 109 Å². The highest BCUT2D eigenvalue weighted by molar-refractivity contribution is 8.18. The minimum atomic E-state index is -0.405. The molecule has 2 aromatic heterocycles. The zero-order valence-corrected chi connectivity index (χ0v) is 20.2. The summed E-state index contributed by atoms with van der Waals surface area (Å²) in [6.45, 7) is 0.654. The highest BCUT2D eigenvalue weighted by Crippen LogP contribution is 2.27. The monoisotopic (exact) mass is 504 g/mol. The number of carbonyl (C=O) groups excluding carboxylic acids is 2. The van der Waals surface area contributed by atoms with Gasteiger partial charge in [-0.3, -0.25) is 19.9 Å². The van der Waals surface area contributed by atoms with Crippen LogP contribution < -0.4 is 16.0 Å². The minimum Gasteiger partial charge on any atom is -0.351 e. The van der Waals surface area contributed by atoms with Crippen molar-refractivity contribution in [1.82, 2.24) is 25.6 Å². The third-order valence-electron chi connectivity index (χ3n) is 6.28. The molecule has 3 aromatic rings. The fourth-order valence-corrected chi connectivity index (χ4v) is 5.12. The number of carbonyl (C=O) groups is 2. The van der Waals surface area contributed by atoms with Crippen LogP contribution in [0.4, 0.5) is 15.1 Å². The second-order valence-corrected chi connectivity index (χ2v) is 9.79. The third-order valence-corrected chi connectivity index (χ3v) is 7.09. The van der Waals surface area contributed by atoms with Crippen molar-refractivity contribution < 1.29 is 14.0 Å². The van der Waals surface area contributed by atoms with Gasteiger partial charge in [0, 0.05) is 42.8 Å². The van der Waals surface area contributed by atoms with Gasteiger partial charge in [0.2, 0.25) is 5.95 Å². The van der Waals surface area contributed by atoms with E-state index in [0.717, 1.165) is 54.1 Å². The first-order valence-electron chi connectivity index (χ1n) is 11.8. The Morgan fingerprint density at radius 2 is 1.92 bits per heavy atom. The van der Waals surface area contributed by atoms with Crippen LogP contribution in [-0.4, -0.2) is 38.2 Å². The number of nitrogens with one attached hydrogen (secondary N) is 3. The van der Waals surface area contributed by atoms with Crippen molar-refractivity contribution in [3.63, 3.8) is 0 Å². The zero-order valence-electron chi connectivity index (χ0n) is 19.4. The van der Waals surface area contributed by atoms with Crippen molar-refractivity contribution in [1.29, 1.82) is 0 Å². The number of pyridine rings is 1. The van der Waals surface area contributed by atoms with Gasteiger partial charge in [0.25, 0.3) is 11.1 Å². The van der Waals surface area contributed by atoms with Crippen LogP contribution in [0.1, 0.15) is 36.9 Å². The molecule has 184 valence electrons. The summed E-state index contributed by atoms with van der Waals surface area (Å²) in [4.78, 5) is 36.4. The Morgan fingerprint density at radius 3 is 2.67 bits per heavy atom. The standard InChI is InChI=1S/C26H25FN6O2S/c27-18-4-3-17(22(12-18)16-2-1-10-28-14-16)15-30-19-5-7-20(8-6-19)31-25-29-11-9-21(32-25)13-23-24(34)33-26(35)36-23/h1-4,9-14,19-20,30H,5-8,15H2,(H,29,31,32)(H,33,34,35). The van der Waals surface area contributed by atoms with E-state index in [2.05, 4.69) is 30.9 Å². The number of rotatable bonds is 7. The lowest BCUT2D eigenvalue weighted by molar-refractivity contribution is -0.115. The normalized spacial score (nSPS) is 21.0. The van der Waals surface area contributed by atoms with Crippen molar-refractivity contribution in [2.75, 3.05) is 5.32 Å². The molecule has 2 aliphatic rings. The maximum absolute atomic E-state index is 13.9. The maximum Gasteiger partial charge on any atom is 0.290 e. The van der Waals surface area contributed by atoms with E-state index in [1.807, 2.05) is 18.2 Å². The van der Waals surface area contributed by atoms with E-state index in [1.54, 1.807) is 36.8 Å². The molecule has 0 atom stereocenters. The van der Waals surface area contributed by atoms with Crippen LogP contribution in [0.2, 0.25) is 0 Å². The molecular weight excluding hydrogens is 479 g/mol. The molecule has 2 amide bonds.